The number of nitrogens with zero attached hydrogens (tertiary/aromatic N) is 2. The Morgan fingerprint density at radius 2 is 1.87 bits per heavy atom. The highest BCUT2D eigenvalue weighted by Crippen LogP contribution is 2.70. The fraction of sp³-hybridized carbons (Fsp3) is 0.357. The van der Waals surface area contributed by atoms with Gasteiger partial charge >= 0.3 is 0 Å². The molecule has 0 bridgehead atoms. The Balaban J connectivity index is 1.61. The molecule has 7 nitrogen and oxygen atoms in total. The molecule has 2 N–H and O–H groups in total. The van der Waals surface area contributed by atoms with E-state index in [1.807, 2.05) is 6.07 Å². The number of fused-ring (bicyclic) bond motifs is 3. The Morgan fingerprint density at radius 1 is 1.21 bits per heavy atom. The average Bonchev–Trinajstić information content (AvgIpc) is 3.25. The Labute approximate surface area is 236 Å². The molecule has 2 fully saturated rings. The summed E-state index contributed by atoms with van der Waals surface area (Å²) in [5.41, 5.74) is -2.79. The largest absolute Gasteiger partial charge is 0.481 e. The smallest absolute Gasteiger partial charge is 0.244 e. The molecular formula is C28H24BrClF2N2O5. The number of alkyl halides is 2. The number of carbonyl (C=O) groups excluding carboxylic acids is 1. The lowest BCUT2D eigenvalue weighted by Gasteiger charge is -2.42. The van der Waals surface area contributed by atoms with Crippen molar-refractivity contribution >= 4 is 33.4 Å². The summed E-state index contributed by atoms with van der Waals surface area (Å²) in [6.07, 6.45) is -4.27. The van der Waals surface area contributed by atoms with Crippen LogP contribution in [0.2, 0.25) is 5.15 Å². The van der Waals surface area contributed by atoms with E-state index in [0.717, 1.165) is 4.47 Å². The summed E-state index contributed by atoms with van der Waals surface area (Å²) < 4.78 is 39.5. The minimum atomic E-state index is -2.56. The average molecular weight is 622 g/mol. The van der Waals surface area contributed by atoms with Gasteiger partial charge in [-0.3, -0.25) is 4.79 Å². The standard InChI is InChI=1S/C28H24BrClF2N2O5/c1-38-25-22-18(11-19(30)33-25)39-28(16-7-9-17(29)10-8-16)21(14-5-3-2-4-6-14)20(23(35)27(22,28)37)26(36)34-12-15(13-34)24(31)32/h2-11,15,20-21,23-24,35,37H,12-13H2,1H3/t20-,21+,23-,27-,28+/m0/s1. The van der Waals surface area contributed by atoms with Gasteiger partial charge in [-0.15, -0.1) is 0 Å². The minimum Gasteiger partial charge on any atom is -0.481 e. The van der Waals surface area contributed by atoms with Crippen LogP contribution >= 0.6 is 27.5 Å². The third-order valence-corrected chi connectivity index (χ3v) is 8.91. The second kappa shape index (κ2) is 9.40. The van der Waals surface area contributed by atoms with Crippen molar-refractivity contribution < 1.29 is 33.3 Å². The highest BCUT2D eigenvalue weighted by Gasteiger charge is 2.78. The van der Waals surface area contributed by atoms with Crippen molar-refractivity contribution in [3.63, 3.8) is 0 Å². The first kappa shape index (κ1) is 26.4. The molecule has 3 heterocycles. The zero-order valence-corrected chi connectivity index (χ0v) is 22.9. The number of aliphatic hydroxyl groups excluding tert-OH is 1. The van der Waals surface area contributed by atoms with Crippen LogP contribution in [-0.4, -0.2) is 58.7 Å². The number of aliphatic hydroxyl groups is 2. The fourth-order valence-corrected chi connectivity index (χ4v) is 6.89. The number of amides is 1. The lowest BCUT2D eigenvalue weighted by Crippen LogP contribution is -2.56. The molecule has 0 spiro atoms. The predicted octanol–water partition coefficient (Wildman–Crippen LogP) is 4.48. The van der Waals surface area contributed by atoms with Crippen LogP contribution in [0.15, 0.2) is 65.1 Å². The van der Waals surface area contributed by atoms with Crippen molar-refractivity contribution in [2.24, 2.45) is 11.8 Å². The van der Waals surface area contributed by atoms with E-state index in [1.54, 1.807) is 48.5 Å². The fourth-order valence-electron chi connectivity index (χ4n) is 6.45. The third-order valence-electron chi connectivity index (χ3n) is 8.19. The zero-order valence-electron chi connectivity index (χ0n) is 20.6. The number of aromatic nitrogens is 1. The summed E-state index contributed by atoms with van der Waals surface area (Å²) in [6, 6.07) is 17.4. The van der Waals surface area contributed by atoms with E-state index in [0.29, 0.717) is 11.1 Å². The van der Waals surface area contributed by atoms with E-state index in [-0.39, 0.29) is 35.4 Å². The molecule has 0 unspecified atom stereocenters. The highest BCUT2D eigenvalue weighted by atomic mass is 79.9. The van der Waals surface area contributed by atoms with Crippen molar-refractivity contribution in [1.29, 1.82) is 0 Å². The second-order valence-electron chi connectivity index (χ2n) is 10.1. The maximum absolute atomic E-state index is 14.0. The van der Waals surface area contributed by atoms with Gasteiger partial charge in [-0.1, -0.05) is 70.0 Å². The highest BCUT2D eigenvalue weighted by molar-refractivity contribution is 9.10. The topological polar surface area (TPSA) is 92.1 Å². The molecule has 6 rings (SSSR count). The molecule has 1 saturated carbocycles. The Hall–Kier alpha value is -2.79. The van der Waals surface area contributed by atoms with Gasteiger partial charge in [-0.05, 0) is 23.3 Å². The van der Waals surface area contributed by atoms with E-state index >= 15 is 0 Å². The minimum absolute atomic E-state index is 0.0529. The van der Waals surface area contributed by atoms with Crippen LogP contribution in [0.5, 0.6) is 11.6 Å². The summed E-state index contributed by atoms with van der Waals surface area (Å²) in [4.78, 5) is 19.5. The molecule has 1 aliphatic carbocycles. The van der Waals surface area contributed by atoms with E-state index < -0.39 is 47.4 Å². The number of halogens is 4. The molecule has 1 amide bonds. The van der Waals surface area contributed by atoms with Crippen molar-refractivity contribution in [3.05, 3.63) is 87.0 Å². The molecular weight excluding hydrogens is 598 g/mol. The molecule has 3 aliphatic rings. The van der Waals surface area contributed by atoms with Gasteiger partial charge in [0.1, 0.15) is 17.0 Å². The van der Waals surface area contributed by atoms with Crippen molar-refractivity contribution in [1.82, 2.24) is 9.88 Å². The number of hydrogen-bond donors (Lipinski definition) is 2. The van der Waals surface area contributed by atoms with E-state index in [1.165, 1.54) is 18.1 Å². The van der Waals surface area contributed by atoms with Gasteiger partial charge in [0.15, 0.2) is 11.2 Å². The number of ether oxygens (including phenoxy) is 2. The van der Waals surface area contributed by atoms with Crippen LogP contribution in [0.4, 0.5) is 8.78 Å². The Kier molecular flexibility index (Phi) is 6.37. The quantitative estimate of drug-likeness (QED) is 0.409. The zero-order chi connectivity index (χ0) is 27.7. The van der Waals surface area contributed by atoms with Crippen LogP contribution in [0.1, 0.15) is 22.6 Å². The van der Waals surface area contributed by atoms with Gasteiger partial charge in [-0.2, -0.15) is 0 Å². The number of likely N-dealkylation sites (tertiary alicyclic amines) is 1. The first-order valence-corrected chi connectivity index (χ1v) is 13.5. The number of benzene rings is 2. The molecule has 3 aromatic rings. The number of methoxy groups -OCH3 is 1. The number of carbonyl (C=O) groups is 1. The number of pyridine rings is 1. The Bertz CT molecular complexity index is 1430. The molecule has 1 saturated heterocycles. The van der Waals surface area contributed by atoms with Gasteiger partial charge in [0.2, 0.25) is 18.2 Å². The summed E-state index contributed by atoms with van der Waals surface area (Å²) in [5.74, 6) is -3.56. The molecule has 1 aromatic heterocycles. The molecule has 0 radical (unpaired) electrons. The first-order valence-electron chi connectivity index (χ1n) is 12.4. The van der Waals surface area contributed by atoms with Gasteiger partial charge in [0, 0.05) is 29.5 Å². The third kappa shape index (κ3) is 3.65. The molecule has 204 valence electrons. The molecule has 5 atom stereocenters. The van der Waals surface area contributed by atoms with E-state index in [9.17, 15) is 23.8 Å². The van der Waals surface area contributed by atoms with Crippen molar-refractivity contribution in [2.45, 2.75) is 29.6 Å². The lowest BCUT2D eigenvalue weighted by atomic mass is 9.70. The molecule has 2 aromatic carbocycles. The maximum atomic E-state index is 14.0. The van der Waals surface area contributed by atoms with E-state index in [4.69, 9.17) is 21.1 Å². The number of rotatable bonds is 5. The van der Waals surface area contributed by atoms with Crippen LogP contribution in [-0.2, 0) is 16.0 Å². The summed E-state index contributed by atoms with van der Waals surface area (Å²) in [5, 5.41) is 24.8. The lowest BCUT2D eigenvalue weighted by molar-refractivity contribution is -0.161. The summed E-state index contributed by atoms with van der Waals surface area (Å²) >= 11 is 9.69. The van der Waals surface area contributed by atoms with Gasteiger partial charge in [0.25, 0.3) is 0 Å². The first-order chi connectivity index (χ1) is 18.6. The summed E-state index contributed by atoms with van der Waals surface area (Å²) in [7, 11) is 1.35. The normalized spacial score (nSPS) is 29.5. The van der Waals surface area contributed by atoms with Gasteiger partial charge in [0.05, 0.1) is 24.5 Å². The second-order valence-corrected chi connectivity index (χ2v) is 11.4. The van der Waals surface area contributed by atoms with Gasteiger partial charge < -0.3 is 24.6 Å². The SMILES string of the molecule is COc1nc(Cl)cc2c1[C@]1(O)[C@@H](O)[C@@H](C(=O)N3CC(C(F)F)C3)[C@@H](c3ccccc3)[C@@]1(c1ccc(Br)cc1)O2. The van der Waals surface area contributed by atoms with E-state index in [2.05, 4.69) is 20.9 Å². The number of hydrogen-bond acceptors (Lipinski definition) is 6. The summed E-state index contributed by atoms with van der Waals surface area (Å²) in [6.45, 7) is -0.272. The maximum Gasteiger partial charge on any atom is 0.244 e. The van der Waals surface area contributed by atoms with Crippen LogP contribution in [0, 0.1) is 11.8 Å². The predicted molar refractivity (Wildman–Crippen MR) is 141 cm³/mol. The van der Waals surface area contributed by atoms with Crippen LogP contribution in [0.25, 0.3) is 0 Å². The molecule has 11 heteroatoms. The monoisotopic (exact) mass is 620 g/mol. The van der Waals surface area contributed by atoms with Crippen LogP contribution < -0.4 is 9.47 Å². The van der Waals surface area contributed by atoms with Gasteiger partial charge in [-0.25, -0.2) is 13.8 Å². The van der Waals surface area contributed by atoms with Crippen molar-refractivity contribution in [3.8, 4) is 11.6 Å². The van der Waals surface area contributed by atoms with Crippen molar-refractivity contribution in [2.75, 3.05) is 20.2 Å². The van der Waals surface area contributed by atoms with Crippen LogP contribution in [0.3, 0.4) is 0 Å². The molecule has 39 heavy (non-hydrogen) atoms. The Morgan fingerprint density at radius 3 is 2.49 bits per heavy atom. The molecule has 2 aliphatic heterocycles.